The van der Waals surface area contributed by atoms with Gasteiger partial charge in [0.2, 0.25) is 5.91 Å². The van der Waals surface area contributed by atoms with E-state index in [1.54, 1.807) is 0 Å². The van der Waals surface area contributed by atoms with Crippen molar-refractivity contribution < 1.29 is 27.9 Å². The van der Waals surface area contributed by atoms with Crippen LogP contribution in [0.3, 0.4) is 0 Å². The van der Waals surface area contributed by atoms with Gasteiger partial charge in [-0.25, -0.2) is 0 Å². The van der Waals surface area contributed by atoms with Crippen molar-refractivity contribution in [1.29, 1.82) is 0 Å². The van der Waals surface area contributed by atoms with Crippen molar-refractivity contribution in [3.8, 4) is 0 Å². The van der Waals surface area contributed by atoms with Crippen LogP contribution >= 0.6 is 0 Å². The van der Waals surface area contributed by atoms with Crippen LogP contribution in [0.2, 0.25) is 0 Å². The third kappa shape index (κ3) is 3.59. The Bertz CT molecular complexity index is 369. The summed E-state index contributed by atoms with van der Waals surface area (Å²) < 4.78 is 37.7. The molecule has 0 spiro atoms. The number of nitrogens with one attached hydrogen (secondary N) is 1. The minimum Gasteiger partial charge on any atom is -0.481 e. The first-order valence-electron chi connectivity index (χ1n) is 5.95. The number of hydrogen-bond donors (Lipinski definition) is 3. The fraction of sp³-hybridized carbons (Fsp3) is 0.818. The van der Waals surface area contributed by atoms with Crippen LogP contribution in [0, 0.1) is 5.92 Å². The van der Waals surface area contributed by atoms with Crippen LogP contribution in [0.4, 0.5) is 13.2 Å². The van der Waals surface area contributed by atoms with Crippen molar-refractivity contribution in [1.82, 2.24) is 5.32 Å². The van der Waals surface area contributed by atoms with E-state index < -0.39 is 35.6 Å². The van der Waals surface area contributed by atoms with Crippen LogP contribution in [0.1, 0.15) is 32.6 Å². The van der Waals surface area contributed by atoms with Crippen molar-refractivity contribution in [2.24, 2.45) is 11.7 Å². The van der Waals surface area contributed by atoms with E-state index in [4.69, 9.17) is 10.8 Å². The Kier molecular flexibility index (Phi) is 4.44. The van der Waals surface area contributed by atoms with Gasteiger partial charge in [0.1, 0.15) is 0 Å². The number of hydrogen-bond acceptors (Lipinski definition) is 3. The second-order valence-electron chi connectivity index (χ2n) is 5.07. The van der Waals surface area contributed by atoms with Gasteiger partial charge in [-0.2, -0.15) is 13.2 Å². The lowest BCUT2D eigenvalue weighted by atomic mass is 9.85. The molecule has 0 bridgehead atoms. The second kappa shape index (κ2) is 5.36. The summed E-state index contributed by atoms with van der Waals surface area (Å²) in [5.74, 6) is -2.95. The minimum absolute atomic E-state index is 0.134. The predicted molar refractivity (Wildman–Crippen MR) is 60.2 cm³/mol. The van der Waals surface area contributed by atoms with Gasteiger partial charge in [-0.05, 0) is 26.2 Å². The van der Waals surface area contributed by atoms with Crippen molar-refractivity contribution in [2.45, 2.75) is 50.4 Å². The Hall–Kier alpha value is -1.31. The number of halogens is 3. The first kappa shape index (κ1) is 15.7. The number of aliphatic carboxylic acids is 1. The molecule has 1 aliphatic carbocycles. The molecule has 5 nitrogen and oxygen atoms in total. The number of rotatable bonds is 3. The van der Waals surface area contributed by atoms with Gasteiger partial charge in [-0.15, -0.1) is 0 Å². The summed E-state index contributed by atoms with van der Waals surface area (Å²) >= 11 is 0. The Balaban J connectivity index is 2.65. The summed E-state index contributed by atoms with van der Waals surface area (Å²) in [6.07, 6.45) is -3.23. The molecule has 0 aromatic carbocycles. The molecule has 0 aromatic rings. The third-order valence-electron chi connectivity index (χ3n) is 3.42. The maximum absolute atomic E-state index is 12.6. The summed E-state index contributed by atoms with van der Waals surface area (Å²) in [5, 5.41) is 11.1. The van der Waals surface area contributed by atoms with E-state index in [1.165, 1.54) is 0 Å². The van der Waals surface area contributed by atoms with E-state index in [9.17, 15) is 22.8 Å². The lowest BCUT2D eigenvalue weighted by molar-refractivity contribution is -0.188. The topological polar surface area (TPSA) is 92.4 Å². The number of carboxylic acids is 1. The Morgan fingerprint density at radius 1 is 1.32 bits per heavy atom. The van der Waals surface area contributed by atoms with Gasteiger partial charge in [0.15, 0.2) is 5.54 Å². The molecule has 1 saturated carbocycles. The van der Waals surface area contributed by atoms with E-state index in [0.717, 1.165) is 0 Å². The standard InChI is InChI=1S/C11H17F3N2O3/c1-10(15,11(12,13)14)9(19)16-7-4-2-3-6(5-7)8(17)18/h6-7H,2-5,15H2,1H3,(H,16,19)(H,17,18). The summed E-state index contributed by atoms with van der Waals surface area (Å²) in [5.41, 5.74) is 2.03. The van der Waals surface area contributed by atoms with E-state index in [0.29, 0.717) is 26.2 Å². The molecule has 3 unspecified atom stereocenters. The van der Waals surface area contributed by atoms with Gasteiger partial charge in [-0.1, -0.05) is 6.42 Å². The molecule has 1 rings (SSSR count). The second-order valence-corrected chi connectivity index (χ2v) is 5.07. The smallest absolute Gasteiger partial charge is 0.415 e. The Labute approximate surface area is 108 Å². The monoisotopic (exact) mass is 282 g/mol. The molecule has 0 aromatic heterocycles. The predicted octanol–water partition coefficient (Wildman–Crippen LogP) is 1.03. The third-order valence-corrected chi connectivity index (χ3v) is 3.42. The molecule has 1 aliphatic rings. The highest BCUT2D eigenvalue weighted by atomic mass is 19.4. The average molecular weight is 282 g/mol. The maximum atomic E-state index is 12.6. The van der Waals surface area contributed by atoms with Crippen LogP contribution < -0.4 is 11.1 Å². The van der Waals surface area contributed by atoms with E-state index in [-0.39, 0.29) is 6.42 Å². The summed E-state index contributed by atoms with van der Waals surface area (Å²) in [6, 6.07) is -0.576. The van der Waals surface area contributed by atoms with Gasteiger partial charge in [0.25, 0.3) is 0 Å². The molecule has 3 atom stereocenters. The SMILES string of the molecule is CC(N)(C(=O)NC1CCCC(C(=O)O)C1)C(F)(F)F. The van der Waals surface area contributed by atoms with Crippen molar-refractivity contribution >= 4 is 11.9 Å². The van der Waals surface area contributed by atoms with Crippen molar-refractivity contribution in [3.05, 3.63) is 0 Å². The molecular formula is C11H17F3N2O3. The number of carbonyl (C=O) groups is 2. The van der Waals surface area contributed by atoms with Crippen LogP contribution in [0.15, 0.2) is 0 Å². The van der Waals surface area contributed by atoms with Crippen molar-refractivity contribution in [2.75, 3.05) is 0 Å². The van der Waals surface area contributed by atoms with E-state index >= 15 is 0 Å². The van der Waals surface area contributed by atoms with Gasteiger partial charge in [0, 0.05) is 6.04 Å². The zero-order valence-electron chi connectivity index (χ0n) is 10.5. The molecule has 0 radical (unpaired) electrons. The van der Waals surface area contributed by atoms with Gasteiger partial charge in [-0.3, -0.25) is 9.59 Å². The number of nitrogens with two attached hydrogens (primary N) is 1. The lowest BCUT2D eigenvalue weighted by Gasteiger charge is -2.32. The van der Waals surface area contributed by atoms with Crippen LogP contribution in [-0.2, 0) is 9.59 Å². The number of carbonyl (C=O) groups excluding carboxylic acids is 1. The highest BCUT2D eigenvalue weighted by Crippen LogP contribution is 2.29. The molecule has 1 fully saturated rings. The van der Waals surface area contributed by atoms with E-state index in [1.807, 2.05) is 0 Å². The Morgan fingerprint density at radius 3 is 2.37 bits per heavy atom. The molecule has 110 valence electrons. The summed E-state index contributed by atoms with van der Waals surface area (Å²) in [6.45, 7) is 0.597. The average Bonchev–Trinajstić information content (AvgIpc) is 2.27. The molecule has 1 amide bonds. The zero-order valence-corrected chi connectivity index (χ0v) is 10.5. The maximum Gasteiger partial charge on any atom is 0.415 e. The molecule has 4 N–H and O–H groups in total. The zero-order chi connectivity index (χ0) is 14.8. The summed E-state index contributed by atoms with van der Waals surface area (Å²) in [7, 11) is 0. The highest BCUT2D eigenvalue weighted by molar-refractivity contribution is 5.87. The molecule has 0 aliphatic heterocycles. The van der Waals surface area contributed by atoms with Crippen LogP contribution in [-0.4, -0.2) is 34.7 Å². The largest absolute Gasteiger partial charge is 0.481 e. The molecular weight excluding hydrogens is 265 g/mol. The number of alkyl halides is 3. The molecule has 19 heavy (non-hydrogen) atoms. The quantitative estimate of drug-likeness (QED) is 0.720. The Morgan fingerprint density at radius 2 is 1.89 bits per heavy atom. The van der Waals surface area contributed by atoms with Crippen molar-refractivity contribution in [3.63, 3.8) is 0 Å². The minimum atomic E-state index is -4.85. The van der Waals surface area contributed by atoms with Gasteiger partial charge in [0.05, 0.1) is 5.92 Å². The fourth-order valence-corrected chi connectivity index (χ4v) is 2.01. The molecule has 0 saturated heterocycles. The first-order chi connectivity index (χ1) is 8.55. The molecule has 0 heterocycles. The van der Waals surface area contributed by atoms with Crippen LogP contribution in [0.5, 0.6) is 0 Å². The first-order valence-corrected chi connectivity index (χ1v) is 5.95. The van der Waals surface area contributed by atoms with E-state index in [2.05, 4.69) is 5.32 Å². The molecule has 8 heteroatoms. The highest BCUT2D eigenvalue weighted by Gasteiger charge is 2.54. The fourth-order valence-electron chi connectivity index (χ4n) is 2.01. The normalized spacial score (nSPS) is 27.4. The summed E-state index contributed by atoms with van der Waals surface area (Å²) in [4.78, 5) is 22.4. The van der Waals surface area contributed by atoms with Crippen LogP contribution in [0.25, 0.3) is 0 Å². The van der Waals surface area contributed by atoms with Gasteiger partial charge >= 0.3 is 12.1 Å². The number of carboxylic acid groups (broad SMARTS) is 1. The lowest BCUT2D eigenvalue weighted by Crippen LogP contribution is -2.63. The number of amides is 1. The van der Waals surface area contributed by atoms with Gasteiger partial charge < -0.3 is 16.2 Å².